The molecule has 1 heterocycles. The predicted octanol–water partition coefficient (Wildman–Crippen LogP) is 2.66. The van der Waals surface area contributed by atoms with Crippen LogP contribution in [0, 0.1) is 0 Å². The first-order valence-electron chi connectivity index (χ1n) is 9.07. The molecule has 6 heteroatoms. The molecule has 0 saturated heterocycles. The molecule has 0 unspecified atom stereocenters. The Morgan fingerprint density at radius 2 is 1.93 bits per heavy atom. The summed E-state index contributed by atoms with van der Waals surface area (Å²) in [6, 6.07) is 15.3. The van der Waals surface area contributed by atoms with Crippen molar-refractivity contribution < 1.29 is 14.3 Å². The molecule has 3 rings (SSSR count). The van der Waals surface area contributed by atoms with Crippen molar-refractivity contribution in [1.29, 1.82) is 0 Å². The molecule has 0 aliphatic rings. The van der Waals surface area contributed by atoms with Gasteiger partial charge in [0.15, 0.2) is 0 Å². The van der Waals surface area contributed by atoms with Gasteiger partial charge in [-0.2, -0.15) is 0 Å². The SMILES string of the molecule is COc1ccc2[nH]cc(CCNC(=O)CNC(=O)/C=C/c3ccccc3)c2c1. The Morgan fingerprint density at radius 1 is 1.11 bits per heavy atom. The van der Waals surface area contributed by atoms with Crippen molar-refractivity contribution in [3.63, 3.8) is 0 Å². The number of aromatic amines is 1. The average Bonchev–Trinajstić information content (AvgIpc) is 3.13. The van der Waals surface area contributed by atoms with Crippen molar-refractivity contribution in [2.45, 2.75) is 6.42 Å². The van der Waals surface area contributed by atoms with Crippen LogP contribution in [0.25, 0.3) is 17.0 Å². The van der Waals surface area contributed by atoms with Crippen LogP contribution in [0.4, 0.5) is 0 Å². The van der Waals surface area contributed by atoms with E-state index in [1.165, 1.54) is 6.08 Å². The fourth-order valence-electron chi connectivity index (χ4n) is 2.85. The smallest absolute Gasteiger partial charge is 0.244 e. The lowest BCUT2D eigenvalue weighted by Gasteiger charge is -2.06. The van der Waals surface area contributed by atoms with Crippen LogP contribution in [0.1, 0.15) is 11.1 Å². The van der Waals surface area contributed by atoms with Gasteiger partial charge in [0.25, 0.3) is 0 Å². The second-order valence-electron chi connectivity index (χ2n) is 6.29. The molecule has 0 saturated carbocycles. The summed E-state index contributed by atoms with van der Waals surface area (Å²) in [5, 5.41) is 6.48. The van der Waals surface area contributed by atoms with Gasteiger partial charge >= 0.3 is 0 Å². The van der Waals surface area contributed by atoms with Crippen molar-refractivity contribution in [2.24, 2.45) is 0 Å². The number of carbonyl (C=O) groups is 2. The van der Waals surface area contributed by atoms with Gasteiger partial charge in [0.1, 0.15) is 5.75 Å². The summed E-state index contributed by atoms with van der Waals surface area (Å²) in [6.07, 6.45) is 5.74. The molecule has 0 fully saturated rings. The van der Waals surface area contributed by atoms with E-state index in [1.807, 2.05) is 54.7 Å². The molecular formula is C22H23N3O3. The topological polar surface area (TPSA) is 83.2 Å². The van der Waals surface area contributed by atoms with Gasteiger partial charge in [0.2, 0.25) is 11.8 Å². The number of rotatable bonds is 8. The third-order valence-electron chi connectivity index (χ3n) is 4.34. The van der Waals surface area contributed by atoms with Gasteiger partial charge in [-0.15, -0.1) is 0 Å². The lowest BCUT2D eigenvalue weighted by Crippen LogP contribution is -2.37. The van der Waals surface area contributed by atoms with Crippen molar-refractivity contribution in [1.82, 2.24) is 15.6 Å². The summed E-state index contributed by atoms with van der Waals surface area (Å²) in [7, 11) is 1.64. The van der Waals surface area contributed by atoms with Crippen molar-refractivity contribution in [3.8, 4) is 5.75 Å². The normalized spacial score (nSPS) is 10.9. The number of hydrogen-bond acceptors (Lipinski definition) is 3. The van der Waals surface area contributed by atoms with Crippen molar-refractivity contribution in [2.75, 3.05) is 20.2 Å². The van der Waals surface area contributed by atoms with Gasteiger partial charge in [-0.3, -0.25) is 9.59 Å². The molecule has 1 aromatic heterocycles. The minimum absolute atomic E-state index is 0.0559. The molecule has 3 N–H and O–H groups in total. The maximum absolute atomic E-state index is 11.9. The Morgan fingerprint density at radius 3 is 2.71 bits per heavy atom. The van der Waals surface area contributed by atoms with E-state index in [0.717, 1.165) is 27.8 Å². The highest BCUT2D eigenvalue weighted by Crippen LogP contribution is 2.23. The number of amides is 2. The van der Waals surface area contributed by atoms with E-state index in [0.29, 0.717) is 13.0 Å². The molecule has 0 bridgehead atoms. The van der Waals surface area contributed by atoms with E-state index in [1.54, 1.807) is 13.2 Å². The highest BCUT2D eigenvalue weighted by atomic mass is 16.5. The van der Waals surface area contributed by atoms with Crippen LogP contribution >= 0.6 is 0 Å². The Kier molecular flexibility index (Phi) is 6.46. The minimum Gasteiger partial charge on any atom is -0.497 e. The summed E-state index contributed by atoms with van der Waals surface area (Å²) in [6.45, 7) is 0.429. The van der Waals surface area contributed by atoms with Gasteiger partial charge in [-0.25, -0.2) is 0 Å². The van der Waals surface area contributed by atoms with E-state index >= 15 is 0 Å². The number of nitrogens with one attached hydrogen (secondary N) is 3. The lowest BCUT2D eigenvalue weighted by molar-refractivity contribution is -0.123. The molecule has 3 aromatic rings. The Hall–Kier alpha value is -3.54. The number of fused-ring (bicyclic) bond motifs is 1. The number of benzene rings is 2. The Bertz CT molecular complexity index is 977. The fraction of sp³-hybridized carbons (Fsp3) is 0.182. The third kappa shape index (κ3) is 5.23. The molecule has 0 spiro atoms. The summed E-state index contributed by atoms with van der Waals surface area (Å²) >= 11 is 0. The van der Waals surface area contributed by atoms with Crippen LogP contribution in [-0.2, 0) is 16.0 Å². The molecule has 0 radical (unpaired) electrons. The molecule has 0 aliphatic carbocycles. The standard InChI is InChI=1S/C22H23N3O3/c1-28-18-8-9-20-19(13-18)17(14-24-20)11-12-23-22(27)15-25-21(26)10-7-16-5-3-2-4-6-16/h2-10,13-14,24H,11-12,15H2,1H3,(H,23,27)(H,25,26)/b10-7+. The summed E-state index contributed by atoms with van der Waals surface area (Å²) in [5.41, 5.74) is 3.06. The van der Waals surface area contributed by atoms with E-state index in [4.69, 9.17) is 4.74 Å². The number of carbonyl (C=O) groups excluding carboxylic acids is 2. The monoisotopic (exact) mass is 377 g/mol. The van der Waals surface area contributed by atoms with Gasteiger partial charge < -0.3 is 20.4 Å². The maximum Gasteiger partial charge on any atom is 0.244 e. The average molecular weight is 377 g/mol. The van der Waals surface area contributed by atoms with Crippen LogP contribution in [0.5, 0.6) is 5.75 Å². The molecule has 2 amide bonds. The highest BCUT2D eigenvalue weighted by Gasteiger charge is 2.07. The first kappa shape index (κ1) is 19.2. The first-order valence-corrected chi connectivity index (χ1v) is 9.07. The zero-order valence-electron chi connectivity index (χ0n) is 15.7. The van der Waals surface area contributed by atoms with Gasteiger partial charge in [0.05, 0.1) is 13.7 Å². The second-order valence-corrected chi connectivity index (χ2v) is 6.29. The van der Waals surface area contributed by atoms with Gasteiger partial charge in [-0.05, 0) is 41.8 Å². The van der Waals surface area contributed by atoms with Gasteiger partial charge in [0, 0.05) is 29.7 Å². The highest BCUT2D eigenvalue weighted by molar-refractivity contribution is 5.94. The van der Waals surface area contributed by atoms with Crippen LogP contribution in [-0.4, -0.2) is 37.0 Å². The lowest BCUT2D eigenvalue weighted by atomic mass is 10.1. The fourth-order valence-corrected chi connectivity index (χ4v) is 2.85. The Balaban J connectivity index is 1.42. The van der Waals surface area contributed by atoms with Crippen LogP contribution in [0.15, 0.2) is 60.8 Å². The molecule has 0 aliphatic heterocycles. The van der Waals surface area contributed by atoms with E-state index in [-0.39, 0.29) is 18.4 Å². The molecule has 6 nitrogen and oxygen atoms in total. The molecule has 28 heavy (non-hydrogen) atoms. The number of methoxy groups -OCH3 is 1. The number of hydrogen-bond donors (Lipinski definition) is 3. The number of ether oxygens (including phenoxy) is 1. The van der Waals surface area contributed by atoms with E-state index in [9.17, 15) is 9.59 Å². The predicted molar refractivity (Wildman–Crippen MR) is 110 cm³/mol. The molecule has 0 atom stereocenters. The summed E-state index contributed by atoms with van der Waals surface area (Å²) < 4.78 is 5.26. The maximum atomic E-state index is 11.9. The van der Waals surface area contributed by atoms with Crippen molar-refractivity contribution in [3.05, 3.63) is 71.9 Å². The summed E-state index contributed by atoms with van der Waals surface area (Å²) in [4.78, 5) is 26.9. The molecular weight excluding hydrogens is 354 g/mol. The van der Waals surface area contributed by atoms with Gasteiger partial charge in [-0.1, -0.05) is 30.3 Å². The van der Waals surface area contributed by atoms with E-state index < -0.39 is 0 Å². The zero-order chi connectivity index (χ0) is 19.8. The van der Waals surface area contributed by atoms with Crippen LogP contribution in [0.3, 0.4) is 0 Å². The second kappa shape index (κ2) is 9.41. The van der Waals surface area contributed by atoms with Crippen molar-refractivity contribution >= 4 is 28.8 Å². The minimum atomic E-state index is -0.303. The van der Waals surface area contributed by atoms with E-state index in [2.05, 4.69) is 15.6 Å². The third-order valence-corrected chi connectivity index (χ3v) is 4.34. The molecule has 2 aromatic carbocycles. The molecule has 144 valence electrons. The Labute approximate surface area is 163 Å². The first-order chi connectivity index (χ1) is 13.7. The number of aromatic nitrogens is 1. The largest absolute Gasteiger partial charge is 0.497 e. The van der Waals surface area contributed by atoms with Crippen LogP contribution in [0.2, 0.25) is 0 Å². The number of H-pyrrole nitrogens is 1. The zero-order valence-corrected chi connectivity index (χ0v) is 15.7. The quantitative estimate of drug-likeness (QED) is 0.528. The summed E-state index contributed by atoms with van der Waals surface area (Å²) in [5.74, 6) is 0.269. The van der Waals surface area contributed by atoms with Crippen LogP contribution < -0.4 is 15.4 Å².